The Hall–Kier alpha value is -2.41. The van der Waals surface area contributed by atoms with Crippen molar-refractivity contribution >= 4 is 29.3 Å². The highest BCUT2D eigenvalue weighted by Gasteiger charge is 2.15. The third-order valence-electron chi connectivity index (χ3n) is 4.03. The highest BCUT2D eigenvalue weighted by Crippen LogP contribution is 2.26. The number of hydrogen-bond acceptors (Lipinski definition) is 4. The van der Waals surface area contributed by atoms with Crippen LogP contribution in [-0.4, -0.2) is 24.2 Å². The maximum atomic E-state index is 12.3. The molecule has 1 aliphatic carbocycles. The van der Waals surface area contributed by atoms with Crippen LogP contribution in [0, 0.1) is 0 Å². The predicted molar refractivity (Wildman–Crippen MR) is 95.7 cm³/mol. The Balaban J connectivity index is 1.50. The number of carbonyl (C=O) groups excluding carboxylic acids is 2. The van der Waals surface area contributed by atoms with Gasteiger partial charge in [0.25, 0.3) is 11.7 Å². The van der Waals surface area contributed by atoms with E-state index >= 15 is 0 Å². The molecular formula is C19H17F2NO3S. The van der Waals surface area contributed by atoms with Crippen molar-refractivity contribution < 1.29 is 23.1 Å². The van der Waals surface area contributed by atoms with E-state index in [1.54, 1.807) is 6.07 Å². The number of carbonyl (C=O) groups is 2. The molecule has 0 heterocycles. The van der Waals surface area contributed by atoms with E-state index in [1.165, 1.54) is 29.8 Å². The Morgan fingerprint density at radius 3 is 2.54 bits per heavy atom. The summed E-state index contributed by atoms with van der Waals surface area (Å²) in [6.45, 7) is -0.413. The monoisotopic (exact) mass is 377 g/mol. The molecule has 26 heavy (non-hydrogen) atoms. The first-order valence-corrected chi connectivity index (χ1v) is 9.03. The lowest BCUT2D eigenvalue weighted by Gasteiger charge is -2.08. The van der Waals surface area contributed by atoms with Crippen LogP contribution < -0.4 is 5.32 Å². The molecule has 0 fully saturated rings. The molecule has 0 aromatic heterocycles. The summed E-state index contributed by atoms with van der Waals surface area (Å²) < 4.78 is 29.6. The number of alkyl halides is 2. The van der Waals surface area contributed by atoms with Gasteiger partial charge >= 0.3 is 5.97 Å². The molecular weight excluding hydrogens is 360 g/mol. The van der Waals surface area contributed by atoms with E-state index in [-0.39, 0.29) is 0 Å². The zero-order chi connectivity index (χ0) is 18.5. The van der Waals surface area contributed by atoms with Gasteiger partial charge in [-0.05, 0) is 66.8 Å². The molecule has 0 spiro atoms. The fraction of sp³-hybridized carbons (Fsp3) is 0.263. The molecule has 0 atom stereocenters. The normalized spacial score (nSPS) is 12.7. The van der Waals surface area contributed by atoms with Crippen LogP contribution in [0.3, 0.4) is 0 Å². The quantitative estimate of drug-likeness (QED) is 0.603. The van der Waals surface area contributed by atoms with Gasteiger partial charge in [-0.1, -0.05) is 17.8 Å². The summed E-state index contributed by atoms with van der Waals surface area (Å²) in [5.41, 5.74) is 3.30. The van der Waals surface area contributed by atoms with E-state index in [9.17, 15) is 18.4 Å². The molecule has 0 unspecified atom stereocenters. The first-order chi connectivity index (χ1) is 12.5. The summed E-state index contributed by atoms with van der Waals surface area (Å²) in [6, 6.07) is 11.5. The third kappa shape index (κ3) is 4.82. The second kappa shape index (κ2) is 8.31. The predicted octanol–water partition coefficient (Wildman–Crippen LogP) is 4.29. The summed E-state index contributed by atoms with van der Waals surface area (Å²) in [6.07, 6.45) is 3.07. The summed E-state index contributed by atoms with van der Waals surface area (Å²) in [4.78, 5) is 24.4. The molecule has 136 valence electrons. The maximum Gasteiger partial charge on any atom is 0.338 e. The molecule has 1 N–H and O–H groups in total. The molecule has 1 aliphatic rings. The van der Waals surface area contributed by atoms with Crippen molar-refractivity contribution in [1.29, 1.82) is 0 Å². The lowest BCUT2D eigenvalue weighted by atomic mass is 10.1. The number of esters is 1. The molecule has 3 rings (SSSR count). The number of halogens is 2. The van der Waals surface area contributed by atoms with E-state index in [1.807, 2.05) is 12.1 Å². The van der Waals surface area contributed by atoms with Gasteiger partial charge in [0.1, 0.15) is 0 Å². The number of aryl methyl sites for hydroxylation is 2. The van der Waals surface area contributed by atoms with Gasteiger partial charge in [0, 0.05) is 10.6 Å². The smallest absolute Gasteiger partial charge is 0.338 e. The van der Waals surface area contributed by atoms with Crippen LogP contribution in [0.5, 0.6) is 0 Å². The molecule has 0 saturated carbocycles. The highest BCUT2D eigenvalue weighted by molar-refractivity contribution is 7.99. The summed E-state index contributed by atoms with van der Waals surface area (Å²) in [5, 5.41) is 2.56. The van der Waals surface area contributed by atoms with Crippen LogP contribution in [0.1, 0.15) is 27.9 Å². The summed E-state index contributed by atoms with van der Waals surface area (Å²) >= 11 is 0.431. The van der Waals surface area contributed by atoms with Gasteiger partial charge < -0.3 is 10.1 Å². The lowest BCUT2D eigenvalue weighted by Crippen LogP contribution is -2.21. The lowest BCUT2D eigenvalue weighted by molar-refractivity contribution is -0.119. The van der Waals surface area contributed by atoms with Crippen LogP contribution in [0.4, 0.5) is 14.5 Å². The number of fused-ring (bicyclic) bond motifs is 1. The Kier molecular flexibility index (Phi) is 5.88. The SMILES string of the molecule is O=C(COC(=O)c1ccc2c(c1)CCC2)Nc1ccc(SC(F)F)cc1. The molecule has 1 amide bonds. The fourth-order valence-electron chi connectivity index (χ4n) is 2.83. The molecule has 2 aromatic rings. The van der Waals surface area contributed by atoms with Crippen LogP contribution in [0.25, 0.3) is 0 Å². The van der Waals surface area contributed by atoms with Crippen molar-refractivity contribution in [2.75, 3.05) is 11.9 Å². The second-order valence-corrected chi connectivity index (χ2v) is 6.93. The molecule has 4 nitrogen and oxygen atoms in total. The minimum atomic E-state index is -2.49. The van der Waals surface area contributed by atoms with Crippen molar-refractivity contribution in [3.05, 3.63) is 59.2 Å². The molecule has 2 aromatic carbocycles. The minimum Gasteiger partial charge on any atom is -0.452 e. The first kappa shape index (κ1) is 18.4. The van der Waals surface area contributed by atoms with Gasteiger partial charge in [-0.2, -0.15) is 8.78 Å². The largest absolute Gasteiger partial charge is 0.452 e. The zero-order valence-electron chi connectivity index (χ0n) is 13.8. The van der Waals surface area contributed by atoms with Crippen LogP contribution in [0.15, 0.2) is 47.4 Å². The Morgan fingerprint density at radius 2 is 1.81 bits per heavy atom. The number of amides is 1. The van der Waals surface area contributed by atoms with Gasteiger partial charge in [-0.3, -0.25) is 4.79 Å². The number of nitrogens with one attached hydrogen (secondary N) is 1. The maximum absolute atomic E-state index is 12.3. The Bertz CT molecular complexity index is 809. The van der Waals surface area contributed by atoms with Gasteiger partial charge in [0.15, 0.2) is 6.61 Å². The molecule has 0 bridgehead atoms. The standard InChI is InChI=1S/C19H17F2NO3S/c20-19(21)26-16-8-6-15(7-9-16)22-17(23)11-25-18(24)14-5-4-12-2-1-3-13(12)10-14/h4-10,19H,1-3,11H2,(H,22,23). The van der Waals surface area contributed by atoms with Crippen LogP contribution in [0.2, 0.25) is 0 Å². The Labute approximate surface area is 153 Å². The van der Waals surface area contributed by atoms with Crippen molar-refractivity contribution in [1.82, 2.24) is 0 Å². The Morgan fingerprint density at radius 1 is 1.08 bits per heavy atom. The van der Waals surface area contributed by atoms with Crippen molar-refractivity contribution in [2.24, 2.45) is 0 Å². The van der Waals surface area contributed by atoms with E-state index < -0.39 is 24.2 Å². The fourth-order valence-corrected chi connectivity index (χ4v) is 3.33. The average molecular weight is 377 g/mol. The minimum absolute atomic E-state index is 0.404. The first-order valence-electron chi connectivity index (χ1n) is 8.15. The number of ether oxygens (including phenoxy) is 1. The van der Waals surface area contributed by atoms with Crippen LogP contribution >= 0.6 is 11.8 Å². The van der Waals surface area contributed by atoms with E-state index in [0.29, 0.717) is 27.9 Å². The van der Waals surface area contributed by atoms with Gasteiger partial charge in [0.05, 0.1) is 5.56 Å². The van der Waals surface area contributed by atoms with Crippen LogP contribution in [-0.2, 0) is 22.4 Å². The zero-order valence-corrected chi connectivity index (χ0v) is 14.7. The van der Waals surface area contributed by atoms with E-state index in [0.717, 1.165) is 24.8 Å². The third-order valence-corrected chi connectivity index (χ3v) is 4.75. The van der Waals surface area contributed by atoms with E-state index in [4.69, 9.17) is 4.74 Å². The molecule has 0 saturated heterocycles. The molecule has 0 radical (unpaired) electrons. The number of benzene rings is 2. The molecule has 7 heteroatoms. The number of rotatable bonds is 6. The van der Waals surface area contributed by atoms with Crippen molar-refractivity contribution in [3.8, 4) is 0 Å². The topological polar surface area (TPSA) is 55.4 Å². The second-order valence-electron chi connectivity index (χ2n) is 5.86. The van der Waals surface area contributed by atoms with Crippen molar-refractivity contribution in [3.63, 3.8) is 0 Å². The van der Waals surface area contributed by atoms with Crippen molar-refractivity contribution in [2.45, 2.75) is 29.9 Å². The van der Waals surface area contributed by atoms with Gasteiger partial charge in [-0.25, -0.2) is 4.79 Å². The average Bonchev–Trinajstić information content (AvgIpc) is 3.08. The van der Waals surface area contributed by atoms with Gasteiger partial charge in [0.2, 0.25) is 0 Å². The summed E-state index contributed by atoms with van der Waals surface area (Å²) in [7, 11) is 0. The number of anilines is 1. The van der Waals surface area contributed by atoms with E-state index in [2.05, 4.69) is 5.32 Å². The number of thioether (sulfide) groups is 1. The van der Waals surface area contributed by atoms with Gasteiger partial charge in [-0.15, -0.1) is 0 Å². The highest BCUT2D eigenvalue weighted by atomic mass is 32.2. The molecule has 0 aliphatic heterocycles. The number of hydrogen-bond donors (Lipinski definition) is 1. The summed E-state index contributed by atoms with van der Waals surface area (Å²) in [5.74, 6) is -3.53.